The second kappa shape index (κ2) is 7.72. The number of hydrogen-bond donors (Lipinski definition) is 1. The smallest absolute Gasteiger partial charge is 0.492 e. The summed E-state index contributed by atoms with van der Waals surface area (Å²) < 4.78 is 66.6. The lowest BCUT2D eigenvalue weighted by atomic mass is 9.73. The molecule has 1 aromatic rings. The van der Waals surface area contributed by atoms with Crippen LogP contribution in [-0.2, 0) is 27.4 Å². The van der Waals surface area contributed by atoms with Crippen molar-refractivity contribution in [2.24, 2.45) is 5.41 Å². The van der Waals surface area contributed by atoms with E-state index < -0.39 is 45.5 Å². The molecule has 0 aromatic heterocycles. The monoisotopic (exact) mass is 436 g/mol. The highest BCUT2D eigenvalue weighted by molar-refractivity contribution is 7.90. The average molecular weight is 436 g/mol. The predicted octanol–water partition coefficient (Wildman–Crippen LogP) is 3.58. The normalized spacial score (nSPS) is 22.6. The summed E-state index contributed by atoms with van der Waals surface area (Å²) in [5, 5.41) is 3.19. The molecule has 1 aromatic carbocycles. The Balaban J connectivity index is 2.13. The number of rotatable bonds is 3. The van der Waals surface area contributed by atoms with Crippen LogP contribution < -0.4 is 5.32 Å². The van der Waals surface area contributed by atoms with E-state index >= 15 is 0 Å². The minimum absolute atomic E-state index is 0.155. The van der Waals surface area contributed by atoms with E-state index in [1.54, 1.807) is 26.8 Å². The van der Waals surface area contributed by atoms with Gasteiger partial charge in [0.15, 0.2) is 0 Å². The molecule has 1 N–H and O–H groups in total. The molecule has 0 saturated carbocycles. The zero-order valence-electron chi connectivity index (χ0n) is 16.4. The molecule has 0 radical (unpaired) electrons. The first-order chi connectivity index (χ1) is 13.4. The van der Waals surface area contributed by atoms with Crippen molar-refractivity contribution in [1.29, 1.82) is 0 Å². The molecule has 29 heavy (non-hydrogen) atoms. The molecule has 1 fully saturated rings. The molecule has 1 heterocycles. The van der Waals surface area contributed by atoms with Crippen molar-refractivity contribution < 1.29 is 31.7 Å². The quantitative estimate of drug-likeness (QED) is 0.446. The standard InChI is InChI=1S/C19H24F4N2O3S/c1-17(2,3)29(27)25(28-16(26)19(21,22)23)15-14-12(5-4-6-13(14)20)11-18(15)7-9-24-10-8-18/h4-6,15,24H,7-11H2,1-3H3/t15-,29+/m0/s1. The molecule has 1 spiro atoms. The third-order valence-electron chi connectivity index (χ3n) is 5.44. The number of piperidine rings is 1. The fraction of sp³-hybridized carbons (Fsp3) is 0.632. The zero-order valence-corrected chi connectivity index (χ0v) is 17.3. The molecule has 1 aliphatic heterocycles. The molecule has 2 aliphatic rings. The molecular formula is C19H24F4N2O3S. The second-order valence-electron chi connectivity index (χ2n) is 8.53. The number of halogens is 4. The van der Waals surface area contributed by atoms with Gasteiger partial charge >= 0.3 is 12.1 Å². The van der Waals surface area contributed by atoms with Crippen LogP contribution in [0.25, 0.3) is 0 Å². The Labute approximate surface area is 170 Å². The third kappa shape index (κ3) is 4.26. The largest absolute Gasteiger partial charge is 0.595 e. The van der Waals surface area contributed by atoms with E-state index in [2.05, 4.69) is 5.32 Å². The van der Waals surface area contributed by atoms with Gasteiger partial charge in [0.05, 0.1) is 15.8 Å². The topological polar surface area (TPSA) is 64.6 Å². The van der Waals surface area contributed by atoms with Gasteiger partial charge in [-0.3, -0.25) is 0 Å². The highest BCUT2D eigenvalue weighted by Crippen LogP contribution is 2.56. The van der Waals surface area contributed by atoms with Crippen molar-refractivity contribution in [1.82, 2.24) is 9.79 Å². The Bertz CT molecular complexity index is 776. The van der Waals surface area contributed by atoms with Crippen LogP contribution in [-0.4, -0.2) is 39.0 Å². The molecule has 0 amide bonds. The summed E-state index contributed by atoms with van der Waals surface area (Å²) in [6, 6.07) is 3.40. The minimum atomic E-state index is -5.27. The molecule has 0 unspecified atom stereocenters. The number of hydrogen-bond acceptors (Lipinski definition) is 5. The van der Waals surface area contributed by atoms with Crippen molar-refractivity contribution >= 4 is 17.3 Å². The Kier molecular flexibility index (Phi) is 5.94. The molecule has 2 atom stereocenters. The molecule has 1 saturated heterocycles. The van der Waals surface area contributed by atoms with Crippen LogP contribution in [0.5, 0.6) is 0 Å². The van der Waals surface area contributed by atoms with E-state index in [0.717, 1.165) is 0 Å². The van der Waals surface area contributed by atoms with Gasteiger partial charge in [0.2, 0.25) is 0 Å². The van der Waals surface area contributed by atoms with Gasteiger partial charge in [0, 0.05) is 11.0 Å². The molecule has 0 bridgehead atoms. The maximum atomic E-state index is 14.9. The number of fused-ring (bicyclic) bond motifs is 1. The number of nitrogens with zero attached hydrogens (tertiary/aromatic N) is 1. The number of benzene rings is 1. The highest BCUT2D eigenvalue weighted by Gasteiger charge is 2.58. The van der Waals surface area contributed by atoms with Crippen LogP contribution >= 0.6 is 0 Å². The summed E-state index contributed by atoms with van der Waals surface area (Å²) in [7, 11) is 0. The highest BCUT2D eigenvalue weighted by atomic mass is 32.2. The summed E-state index contributed by atoms with van der Waals surface area (Å²) in [5.74, 6) is -3.08. The molecule has 5 nitrogen and oxygen atoms in total. The Morgan fingerprint density at radius 1 is 1.28 bits per heavy atom. The summed E-state index contributed by atoms with van der Waals surface area (Å²) in [4.78, 5) is 16.4. The average Bonchev–Trinajstić information content (AvgIpc) is 2.92. The lowest BCUT2D eigenvalue weighted by molar-refractivity contribution is -0.233. The number of nitrogens with one attached hydrogen (secondary N) is 1. The van der Waals surface area contributed by atoms with Crippen molar-refractivity contribution in [3.05, 3.63) is 35.1 Å². The van der Waals surface area contributed by atoms with Gasteiger partial charge in [0.1, 0.15) is 16.6 Å². The molecule has 162 valence electrons. The van der Waals surface area contributed by atoms with Gasteiger partial charge in [-0.05, 0) is 64.8 Å². The summed E-state index contributed by atoms with van der Waals surface area (Å²) in [6.45, 7) is 5.84. The van der Waals surface area contributed by atoms with E-state index in [-0.39, 0.29) is 5.56 Å². The third-order valence-corrected chi connectivity index (χ3v) is 7.10. The van der Waals surface area contributed by atoms with Crippen LogP contribution in [0.4, 0.5) is 17.6 Å². The molecule has 10 heteroatoms. The van der Waals surface area contributed by atoms with E-state index in [1.165, 1.54) is 12.1 Å². The Morgan fingerprint density at radius 3 is 2.45 bits per heavy atom. The number of carbonyl (C=O) groups excluding carboxylic acids is 1. The van der Waals surface area contributed by atoms with Crippen LogP contribution in [0.3, 0.4) is 0 Å². The maximum Gasteiger partial charge on any atom is 0.492 e. The van der Waals surface area contributed by atoms with Crippen LogP contribution in [0.1, 0.15) is 50.8 Å². The van der Waals surface area contributed by atoms with Crippen molar-refractivity contribution in [3.63, 3.8) is 0 Å². The first-order valence-corrected chi connectivity index (χ1v) is 10.5. The second-order valence-corrected chi connectivity index (χ2v) is 10.6. The van der Waals surface area contributed by atoms with Crippen molar-refractivity contribution in [3.8, 4) is 0 Å². The number of hydroxylamine groups is 1. The molecule has 1 aliphatic carbocycles. The minimum Gasteiger partial charge on any atom is -0.595 e. The molecule has 3 rings (SSSR count). The first-order valence-electron chi connectivity index (χ1n) is 9.35. The van der Waals surface area contributed by atoms with Crippen molar-refractivity contribution in [2.75, 3.05) is 13.1 Å². The zero-order chi connectivity index (χ0) is 21.6. The first kappa shape index (κ1) is 22.3. The van der Waals surface area contributed by atoms with Crippen molar-refractivity contribution in [2.45, 2.75) is 57.0 Å². The van der Waals surface area contributed by atoms with Gasteiger partial charge < -0.3 is 14.7 Å². The molecular weight excluding hydrogens is 412 g/mol. The van der Waals surface area contributed by atoms with Gasteiger partial charge in [-0.1, -0.05) is 12.1 Å². The fourth-order valence-electron chi connectivity index (χ4n) is 4.11. The van der Waals surface area contributed by atoms with E-state index in [4.69, 9.17) is 4.84 Å². The SMILES string of the molecule is CC(C)(C)[S@@+]([O-])N(OC(=O)C(F)(F)F)[C@H]1c2c(F)cccc2CC12CCNCC2. The Morgan fingerprint density at radius 2 is 1.90 bits per heavy atom. The van der Waals surface area contributed by atoms with Gasteiger partial charge in [0.25, 0.3) is 0 Å². The number of carbonyl (C=O) groups is 1. The summed E-state index contributed by atoms with van der Waals surface area (Å²) in [6.07, 6.45) is -3.81. The number of alkyl halides is 3. The summed E-state index contributed by atoms with van der Waals surface area (Å²) >= 11 is -2.16. The fourth-order valence-corrected chi connectivity index (χ4v) is 5.31. The lowest BCUT2D eigenvalue weighted by Gasteiger charge is -2.44. The van der Waals surface area contributed by atoms with Crippen LogP contribution in [0.2, 0.25) is 0 Å². The lowest BCUT2D eigenvalue weighted by Crippen LogP contribution is -2.52. The summed E-state index contributed by atoms with van der Waals surface area (Å²) in [5.41, 5.74) is 0.0978. The van der Waals surface area contributed by atoms with Crippen LogP contribution in [0.15, 0.2) is 18.2 Å². The van der Waals surface area contributed by atoms with Gasteiger partial charge in [-0.15, -0.1) is 0 Å². The van der Waals surface area contributed by atoms with E-state index in [0.29, 0.717) is 42.4 Å². The van der Waals surface area contributed by atoms with E-state index in [9.17, 15) is 26.9 Å². The van der Waals surface area contributed by atoms with Gasteiger partial charge in [-0.2, -0.15) is 13.2 Å². The van der Waals surface area contributed by atoms with E-state index in [1.807, 2.05) is 0 Å². The Hall–Kier alpha value is -1.36. The van der Waals surface area contributed by atoms with Gasteiger partial charge in [-0.25, -0.2) is 9.18 Å². The predicted molar refractivity (Wildman–Crippen MR) is 99.3 cm³/mol. The van der Waals surface area contributed by atoms with Crippen LogP contribution in [0, 0.1) is 11.2 Å². The maximum absolute atomic E-state index is 14.9.